The maximum atomic E-state index is 12.9. The number of carbonyl (C=O) groups is 2. The van der Waals surface area contributed by atoms with Crippen LogP contribution >= 0.6 is 11.6 Å². The predicted molar refractivity (Wildman–Crippen MR) is 80.8 cm³/mol. The van der Waals surface area contributed by atoms with Crippen molar-refractivity contribution < 1.29 is 27.5 Å². The maximum Gasteiger partial charge on any atom is 0.418 e. The molecule has 0 atom stereocenters. The summed E-state index contributed by atoms with van der Waals surface area (Å²) in [5.74, 6) is -1.70. The molecule has 2 rings (SSSR count). The van der Waals surface area contributed by atoms with Gasteiger partial charge in [0.2, 0.25) is 0 Å². The zero-order valence-corrected chi connectivity index (χ0v) is 13.1. The molecule has 1 heterocycles. The minimum absolute atomic E-state index is 0.205. The second-order valence-corrected chi connectivity index (χ2v) is 5.20. The summed E-state index contributed by atoms with van der Waals surface area (Å²) in [6.07, 6.45) is -3.08. The van der Waals surface area contributed by atoms with E-state index in [0.717, 1.165) is 12.1 Å². The number of para-hydroxylation sites is 1. The third-order valence-electron chi connectivity index (χ3n) is 3.07. The van der Waals surface area contributed by atoms with Crippen molar-refractivity contribution >= 4 is 29.2 Å². The molecule has 0 fully saturated rings. The second-order valence-electron chi connectivity index (χ2n) is 4.79. The highest BCUT2D eigenvalue weighted by molar-refractivity contribution is 6.34. The van der Waals surface area contributed by atoms with Crippen molar-refractivity contribution in [3.8, 4) is 0 Å². The van der Waals surface area contributed by atoms with Gasteiger partial charge in [0.05, 0.1) is 16.3 Å². The fraction of sp³-hybridized carbons (Fsp3) is 0.200. The standard InChI is InChI=1S/C15H12ClF3N2O3/c1-21-7-3-6-11(21)14(23)24-8-12(22)20-13-9(15(17,18)19)4-2-5-10(13)16/h2-7H,8H2,1H3,(H,20,22). The summed E-state index contributed by atoms with van der Waals surface area (Å²) in [7, 11) is 1.61. The number of hydrogen-bond donors (Lipinski definition) is 1. The van der Waals surface area contributed by atoms with Crippen LogP contribution in [0.5, 0.6) is 0 Å². The van der Waals surface area contributed by atoms with Crippen LogP contribution < -0.4 is 5.32 Å². The van der Waals surface area contributed by atoms with Gasteiger partial charge >= 0.3 is 12.1 Å². The molecule has 2 aromatic rings. The summed E-state index contributed by atoms with van der Waals surface area (Å²) in [5.41, 5.74) is -1.46. The summed E-state index contributed by atoms with van der Waals surface area (Å²) in [4.78, 5) is 23.5. The number of benzene rings is 1. The second kappa shape index (κ2) is 6.96. The molecule has 9 heteroatoms. The smallest absolute Gasteiger partial charge is 0.418 e. The number of rotatable bonds is 4. The predicted octanol–water partition coefficient (Wildman–Crippen LogP) is 3.49. The molecule has 24 heavy (non-hydrogen) atoms. The Labute approximate surface area is 140 Å². The van der Waals surface area contributed by atoms with Crippen molar-refractivity contribution in [2.24, 2.45) is 7.05 Å². The van der Waals surface area contributed by atoms with Gasteiger partial charge in [-0.05, 0) is 24.3 Å². The summed E-state index contributed by atoms with van der Waals surface area (Å²) < 4.78 is 45.0. The number of alkyl halides is 3. The Morgan fingerprint density at radius 2 is 1.96 bits per heavy atom. The molecule has 1 amide bonds. The molecule has 128 valence electrons. The van der Waals surface area contributed by atoms with Gasteiger partial charge in [-0.15, -0.1) is 0 Å². The summed E-state index contributed by atoms with van der Waals surface area (Å²) >= 11 is 5.72. The number of nitrogens with one attached hydrogen (secondary N) is 1. The lowest BCUT2D eigenvalue weighted by atomic mass is 10.1. The molecule has 0 saturated carbocycles. The van der Waals surface area contributed by atoms with E-state index in [1.807, 2.05) is 5.32 Å². The van der Waals surface area contributed by atoms with Gasteiger partial charge in [-0.25, -0.2) is 4.79 Å². The van der Waals surface area contributed by atoms with Gasteiger partial charge in [0.1, 0.15) is 5.69 Å². The van der Waals surface area contributed by atoms with Crippen molar-refractivity contribution in [1.82, 2.24) is 4.57 Å². The number of hydrogen-bond acceptors (Lipinski definition) is 3. The Balaban J connectivity index is 2.06. The molecule has 0 saturated heterocycles. The van der Waals surface area contributed by atoms with Gasteiger partial charge < -0.3 is 14.6 Å². The lowest BCUT2D eigenvalue weighted by molar-refractivity contribution is -0.137. The first-order valence-corrected chi connectivity index (χ1v) is 7.02. The molecule has 1 N–H and O–H groups in total. The third kappa shape index (κ3) is 4.08. The molecule has 0 bridgehead atoms. The number of ether oxygens (including phenoxy) is 1. The van der Waals surface area contributed by atoms with Gasteiger partial charge in [0.15, 0.2) is 6.61 Å². The SMILES string of the molecule is Cn1cccc1C(=O)OCC(=O)Nc1c(Cl)cccc1C(F)(F)F. The lowest BCUT2D eigenvalue weighted by Crippen LogP contribution is -2.23. The molecule has 5 nitrogen and oxygen atoms in total. The van der Waals surface area contributed by atoms with E-state index >= 15 is 0 Å². The number of carbonyl (C=O) groups excluding carboxylic acids is 2. The normalized spacial score (nSPS) is 11.2. The number of esters is 1. The largest absolute Gasteiger partial charge is 0.451 e. The molecular weight excluding hydrogens is 349 g/mol. The average Bonchev–Trinajstić information content (AvgIpc) is 2.92. The van der Waals surface area contributed by atoms with Crippen LogP contribution in [0.15, 0.2) is 36.5 Å². The number of anilines is 1. The Kier molecular flexibility index (Phi) is 5.18. The van der Waals surface area contributed by atoms with E-state index < -0.39 is 35.9 Å². The van der Waals surface area contributed by atoms with E-state index in [1.165, 1.54) is 16.7 Å². The molecule has 0 aliphatic carbocycles. The van der Waals surface area contributed by atoms with Crippen LogP contribution in [0.25, 0.3) is 0 Å². The van der Waals surface area contributed by atoms with Gasteiger partial charge in [-0.2, -0.15) is 13.2 Å². The Morgan fingerprint density at radius 3 is 2.54 bits per heavy atom. The van der Waals surface area contributed by atoms with Gasteiger partial charge in [0.25, 0.3) is 5.91 Å². The number of aryl methyl sites for hydroxylation is 1. The minimum Gasteiger partial charge on any atom is -0.451 e. The van der Waals surface area contributed by atoms with Crippen molar-refractivity contribution in [3.63, 3.8) is 0 Å². The first-order chi connectivity index (χ1) is 11.2. The first kappa shape index (κ1) is 17.9. The van der Waals surface area contributed by atoms with Crippen LogP contribution in [0.3, 0.4) is 0 Å². The van der Waals surface area contributed by atoms with E-state index in [-0.39, 0.29) is 10.7 Å². The van der Waals surface area contributed by atoms with Crippen LogP contribution in [0.2, 0.25) is 5.02 Å². The molecule has 0 spiro atoms. The van der Waals surface area contributed by atoms with E-state index in [2.05, 4.69) is 0 Å². The van der Waals surface area contributed by atoms with Gasteiger partial charge in [0, 0.05) is 13.2 Å². The maximum absolute atomic E-state index is 12.9. The van der Waals surface area contributed by atoms with Gasteiger partial charge in [-0.3, -0.25) is 4.79 Å². The molecule has 0 radical (unpaired) electrons. The van der Waals surface area contributed by atoms with Crippen molar-refractivity contribution in [1.29, 1.82) is 0 Å². The topological polar surface area (TPSA) is 60.3 Å². The highest BCUT2D eigenvalue weighted by atomic mass is 35.5. The highest BCUT2D eigenvalue weighted by Gasteiger charge is 2.34. The summed E-state index contributed by atoms with van der Waals surface area (Å²) in [6.45, 7) is -0.744. The van der Waals surface area contributed by atoms with E-state index in [4.69, 9.17) is 16.3 Å². The van der Waals surface area contributed by atoms with Gasteiger partial charge in [-0.1, -0.05) is 17.7 Å². The first-order valence-electron chi connectivity index (χ1n) is 6.64. The average molecular weight is 361 g/mol. The zero-order valence-electron chi connectivity index (χ0n) is 12.4. The lowest BCUT2D eigenvalue weighted by Gasteiger charge is -2.15. The quantitative estimate of drug-likeness (QED) is 0.849. The van der Waals surface area contributed by atoms with Crippen LogP contribution in [0.1, 0.15) is 16.1 Å². The molecule has 0 aliphatic heterocycles. The Morgan fingerprint density at radius 1 is 1.25 bits per heavy atom. The third-order valence-corrected chi connectivity index (χ3v) is 3.39. The molecule has 0 unspecified atom stereocenters. The van der Waals surface area contributed by atoms with Crippen LogP contribution in [0.4, 0.5) is 18.9 Å². The van der Waals surface area contributed by atoms with Crippen LogP contribution in [-0.4, -0.2) is 23.1 Å². The van der Waals surface area contributed by atoms with E-state index in [9.17, 15) is 22.8 Å². The Bertz CT molecular complexity index is 772. The summed E-state index contributed by atoms with van der Waals surface area (Å²) in [5, 5.41) is 1.75. The minimum atomic E-state index is -4.69. The van der Waals surface area contributed by atoms with Crippen LogP contribution in [-0.2, 0) is 22.8 Å². The number of halogens is 4. The van der Waals surface area contributed by atoms with Crippen molar-refractivity contribution in [2.75, 3.05) is 11.9 Å². The fourth-order valence-corrected chi connectivity index (χ4v) is 2.16. The molecular formula is C15H12ClF3N2O3. The van der Waals surface area contributed by atoms with Crippen molar-refractivity contribution in [3.05, 3.63) is 52.8 Å². The highest BCUT2D eigenvalue weighted by Crippen LogP contribution is 2.38. The number of amides is 1. The van der Waals surface area contributed by atoms with Crippen molar-refractivity contribution in [2.45, 2.75) is 6.18 Å². The summed E-state index contributed by atoms with van der Waals surface area (Å²) in [6, 6.07) is 6.21. The van der Waals surface area contributed by atoms with E-state index in [0.29, 0.717) is 0 Å². The Hall–Kier alpha value is -2.48. The molecule has 1 aromatic carbocycles. The molecule has 1 aromatic heterocycles. The number of nitrogens with zero attached hydrogens (tertiary/aromatic N) is 1. The zero-order chi connectivity index (χ0) is 17.9. The van der Waals surface area contributed by atoms with E-state index in [1.54, 1.807) is 19.3 Å². The fourth-order valence-electron chi connectivity index (χ4n) is 1.94. The van der Waals surface area contributed by atoms with Crippen LogP contribution in [0, 0.1) is 0 Å². The monoisotopic (exact) mass is 360 g/mol. The molecule has 0 aliphatic rings. The number of aromatic nitrogens is 1.